The molecular weight excluding hydrogens is 284 g/mol. The second kappa shape index (κ2) is 8.34. The zero-order chi connectivity index (χ0) is 15.9. The number of rotatable bonds is 8. The Hall–Kier alpha value is -1.14. The molecule has 0 amide bonds. The van der Waals surface area contributed by atoms with Gasteiger partial charge in [0.05, 0.1) is 5.56 Å². The topological polar surface area (TPSA) is 38.0 Å². The molecule has 0 aliphatic rings. The third-order valence-corrected chi connectivity index (χ3v) is 3.50. The zero-order valence-corrected chi connectivity index (χ0v) is 12.1. The van der Waals surface area contributed by atoms with Crippen LogP contribution in [0.25, 0.3) is 0 Å². The van der Waals surface area contributed by atoms with Crippen LogP contribution in [0.2, 0.25) is 0 Å². The summed E-state index contributed by atoms with van der Waals surface area (Å²) in [7, 11) is 0. The number of nitrogens with one attached hydrogen (secondary N) is 1. The van der Waals surface area contributed by atoms with Crippen molar-refractivity contribution in [1.82, 2.24) is 5.43 Å². The van der Waals surface area contributed by atoms with Crippen molar-refractivity contribution in [1.29, 1.82) is 0 Å². The Labute approximate surface area is 122 Å². The first kappa shape index (κ1) is 17.9. The molecule has 1 aromatic rings. The van der Waals surface area contributed by atoms with Gasteiger partial charge in [-0.15, -0.1) is 0 Å². The van der Waals surface area contributed by atoms with E-state index in [2.05, 4.69) is 12.3 Å². The molecule has 0 aliphatic carbocycles. The molecule has 0 heterocycles. The van der Waals surface area contributed by atoms with E-state index in [0.717, 1.165) is 50.3 Å². The van der Waals surface area contributed by atoms with Crippen molar-refractivity contribution < 1.29 is 17.6 Å². The summed E-state index contributed by atoms with van der Waals surface area (Å²) in [5.41, 5.74) is 1.54. The van der Waals surface area contributed by atoms with Gasteiger partial charge in [0.25, 0.3) is 0 Å². The zero-order valence-electron chi connectivity index (χ0n) is 12.1. The number of alkyl halides is 3. The van der Waals surface area contributed by atoms with Gasteiger partial charge in [-0.2, -0.15) is 13.2 Å². The molecule has 1 unspecified atom stereocenters. The highest BCUT2D eigenvalue weighted by molar-refractivity contribution is 5.29. The highest BCUT2D eigenvalue weighted by Gasteiger charge is 2.31. The minimum Gasteiger partial charge on any atom is -0.271 e. The summed E-state index contributed by atoms with van der Waals surface area (Å²) in [5.74, 6) is 4.71. The quantitative estimate of drug-likeness (QED) is 0.316. The van der Waals surface area contributed by atoms with E-state index < -0.39 is 23.6 Å². The van der Waals surface area contributed by atoms with Crippen molar-refractivity contribution in [2.75, 3.05) is 0 Å². The van der Waals surface area contributed by atoms with Gasteiger partial charge in [-0.1, -0.05) is 39.0 Å². The van der Waals surface area contributed by atoms with Crippen LogP contribution in [0.4, 0.5) is 17.6 Å². The van der Waals surface area contributed by atoms with Gasteiger partial charge in [-0.3, -0.25) is 11.3 Å². The Kier molecular flexibility index (Phi) is 7.11. The lowest BCUT2D eigenvalue weighted by Crippen LogP contribution is -2.29. The number of nitrogens with two attached hydrogens (primary N) is 1. The molecule has 120 valence electrons. The Morgan fingerprint density at radius 1 is 1.14 bits per heavy atom. The van der Waals surface area contributed by atoms with Crippen LogP contribution in [0.3, 0.4) is 0 Å². The molecule has 0 fully saturated rings. The van der Waals surface area contributed by atoms with Crippen molar-refractivity contribution >= 4 is 0 Å². The highest BCUT2D eigenvalue weighted by Crippen LogP contribution is 2.32. The molecule has 3 N–H and O–H groups in total. The molecule has 1 rings (SSSR count). The maximum absolute atomic E-state index is 13.8. The molecule has 0 radical (unpaired) electrons. The van der Waals surface area contributed by atoms with E-state index in [9.17, 15) is 17.6 Å². The van der Waals surface area contributed by atoms with Gasteiger partial charge < -0.3 is 0 Å². The summed E-state index contributed by atoms with van der Waals surface area (Å²) in [6.45, 7) is 2.10. The van der Waals surface area contributed by atoms with Crippen LogP contribution < -0.4 is 11.3 Å². The summed E-state index contributed by atoms with van der Waals surface area (Å²) in [4.78, 5) is 0. The van der Waals surface area contributed by atoms with Gasteiger partial charge in [0.1, 0.15) is 5.82 Å². The minimum atomic E-state index is -4.48. The Balaban J connectivity index is 2.75. The fourth-order valence-corrected chi connectivity index (χ4v) is 2.27. The van der Waals surface area contributed by atoms with Gasteiger partial charge in [0, 0.05) is 11.6 Å². The third-order valence-electron chi connectivity index (χ3n) is 3.50. The van der Waals surface area contributed by atoms with Crippen molar-refractivity contribution in [2.24, 2.45) is 5.84 Å². The van der Waals surface area contributed by atoms with Crippen LogP contribution in [-0.4, -0.2) is 0 Å². The summed E-state index contributed by atoms with van der Waals surface area (Å²) >= 11 is 0. The molecule has 21 heavy (non-hydrogen) atoms. The Bertz CT molecular complexity index is 432. The molecule has 6 heteroatoms. The van der Waals surface area contributed by atoms with E-state index >= 15 is 0 Å². The Morgan fingerprint density at radius 3 is 2.38 bits per heavy atom. The van der Waals surface area contributed by atoms with Crippen LogP contribution in [0.15, 0.2) is 18.2 Å². The summed E-state index contributed by atoms with van der Waals surface area (Å²) in [6.07, 6.45) is 1.09. The average molecular weight is 306 g/mol. The SMILES string of the molecule is CCCCCCCC(NN)c1cc(C(F)(F)F)ccc1F. The number of hydrogen-bond donors (Lipinski definition) is 2. The average Bonchev–Trinajstić information content (AvgIpc) is 2.43. The minimum absolute atomic E-state index is 0.0252. The number of hydrogen-bond acceptors (Lipinski definition) is 2. The fourth-order valence-electron chi connectivity index (χ4n) is 2.27. The monoisotopic (exact) mass is 306 g/mol. The fraction of sp³-hybridized carbons (Fsp3) is 0.600. The first-order valence-electron chi connectivity index (χ1n) is 7.23. The first-order valence-corrected chi connectivity index (χ1v) is 7.23. The van der Waals surface area contributed by atoms with Gasteiger partial charge in [-0.25, -0.2) is 4.39 Å². The molecule has 0 bridgehead atoms. The lowest BCUT2D eigenvalue weighted by atomic mass is 9.98. The van der Waals surface area contributed by atoms with Crippen molar-refractivity contribution in [3.63, 3.8) is 0 Å². The van der Waals surface area contributed by atoms with E-state index in [1.807, 2.05) is 0 Å². The van der Waals surface area contributed by atoms with Crippen LogP contribution in [0.1, 0.15) is 62.6 Å². The number of hydrazine groups is 1. The molecule has 1 aromatic carbocycles. The van der Waals surface area contributed by atoms with Gasteiger partial charge >= 0.3 is 6.18 Å². The second-order valence-electron chi connectivity index (χ2n) is 5.16. The number of unbranched alkanes of at least 4 members (excludes halogenated alkanes) is 4. The molecule has 2 nitrogen and oxygen atoms in total. The molecule has 0 aliphatic heterocycles. The van der Waals surface area contributed by atoms with E-state index in [0.29, 0.717) is 6.42 Å². The van der Waals surface area contributed by atoms with Gasteiger partial charge in [0.2, 0.25) is 0 Å². The van der Waals surface area contributed by atoms with Crippen molar-refractivity contribution in [3.05, 3.63) is 35.1 Å². The van der Waals surface area contributed by atoms with Gasteiger partial charge in [0.15, 0.2) is 0 Å². The Morgan fingerprint density at radius 2 is 1.81 bits per heavy atom. The maximum atomic E-state index is 13.8. The van der Waals surface area contributed by atoms with Crippen LogP contribution in [-0.2, 0) is 6.18 Å². The van der Waals surface area contributed by atoms with Crippen LogP contribution in [0.5, 0.6) is 0 Å². The lowest BCUT2D eigenvalue weighted by Gasteiger charge is -2.18. The predicted molar refractivity (Wildman–Crippen MR) is 74.8 cm³/mol. The van der Waals surface area contributed by atoms with Crippen molar-refractivity contribution in [3.8, 4) is 0 Å². The number of halogens is 4. The smallest absolute Gasteiger partial charge is 0.271 e. The molecule has 0 spiro atoms. The van der Waals surface area contributed by atoms with E-state index in [-0.39, 0.29) is 5.56 Å². The summed E-state index contributed by atoms with van der Waals surface area (Å²) in [6, 6.07) is 1.83. The second-order valence-corrected chi connectivity index (χ2v) is 5.16. The van der Waals surface area contributed by atoms with Crippen LogP contribution in [0, 0.1) is 5.82 Å². The highest BCUT2D eigenvalue weighted by atomic mass is 19.4. The maximum Gasteiger partial charge on any atom is 0.416 e. The van der Waals surface area contributed by atoms with E-state index in [1.165, 1.54) is 0 Å². The van der Waals surface area contributed by atoms with Crippen molar-refractivity contribution in [2.45, 2.75) is 57.7 Å². The first-order chi connectivity index (χ1) is 9.90. The normalized spacial score (nSPS) is 13.4. The number of benzene rings is 1. The predicted octanol–water partition coefficient (Wildman–Crippen LogP) is 4.71. The molecule has 1 atom stereocenters. The standard InChI is InChI=1S/C15H22F4N2/c1-2-3-4-5-6-7-14(21-20)12-10-11(15(17,18)19)8-9-13(12)16/h8-10,14,21H,2-7,20H2,1H3. The van der Waals surface area contributed by atoms with Crippen LogP contribution >= 0.6 is 0 Å². The van der Waals surface area contributed by atoms with E-state index in [1.54, 1.807) is 0 Å². The summed E-state index contributed by atoms with van der Waals surface area (Å²) in [5, 5.41) is 0. The third kappa shape index (κ3) is 5.63. The van der Waals surface area contributed by atoms with E-state index in [4.69, 9.17) is 5.84 Å². The molecule has 0 saturated heterocycles. The lowest BCUT2D eigenvalue weighted by molar-refractivity contribution is -0.137. The molecule has 0 aromatic heterocycles. The largest absolute Gasteiger partial charge is 0.416 e. The molecule has 0 saturated carbocycles. The molecular formula is C15H22F4N2. The van der Waals surface area contributed by atoms with Gasteiger partial charge in [-0.05, 0) is 24.6 Å². The summed E-state index contributed by atoms with van der Waals surface area (Å²) < 4.78 is 51.8.